The number of H-pyrrole nitrogens is 1. The Morgan fingerprint density at radius 2 is 2.00 bits per heavy atom. The van der Waals surface area contributed by atoms with Crippen molar-refractivity contribution in [3.63, 3.8) is 0 Å². The summed E-state index contributed by atoms with van der Waals surface area (Å²) in [5.74, 6) is -0.717. The molecule has 7 nitrogen and oxygen atoms in total. The topological polar surface area (TPSA) is 84.0 Å². The zero-order valence-corrected chi connectivity index (χ0v) is 15.7. The van der Waals surface area contributed by atoms with Gasteiger partial charge in [0.1, 0.15) is 5.82 Å². The molecule has 1 fully saturated rings. The van der Waals surface area contributed by atoms with Gasteiger partial charge in [-0.25, -0.2) is 18.6 Å². The van der Waals surface area contributed by atoms with E-state index in [-0.39, 0.29) is 17.3 Å². The van der Waals surface area contributed by atoms with E-state index < -0.39 is 17.7 Å². The number of likely N-dealkylation sites (tertiary alicyclic amines) is 1. The molecule has 0 saturated carbocycles. The van der Waals surface area contributed by atoms with Gasteiger partial charge < -0.3 is 9.64 Å². The molecule has 0 atom stereocenters. The van der Waals surface area contributed by atoms with Crippen molar-refractivity contribution in [1.82, 2.24) is 25.1 Å². The number of carbonyl (C=O) groups excluding carboxylic acids is 1. The average molecular weight is 399 g/mol. The van der Waals surface area contributed by atoms with E-state index in [1.807, 2.05) is 0 Å². The fourth-order valence-electron chi connectivity index (χ4n) is 3.33. The molecular weight excluding hydrogens is 380 g/mol. The molecule has 0 bridgehead atoms. The lowest BCUT2D eigenvalue weighted by Crippen LogP contribution is -2.39. The molecule has 0 spiro atoms. The van der Waals surface area contributed by atoms with Gasteiger partial charge >= 0.3 is 6.09 Å². The molecule has 4 rings (SSSR count). The van der Waals surface area contributed by atoms with E-state index in [1.165, 1.54) is 12.1 Å². The zero-order chi connectivity index (χ0) is 20.4. The predicted octanol–water partition coefficient (Wildman–Crippen LogP) is 3.83. The largest absolute Gasteiger partial charge is 0.415 e. The molecule has 0 unspecified atom stereocenters. The molecule has 9 heteroatoms. The summed E-state index contributed by atoms with van der Waals surface area (Å²) in [6.07, 6.45) is 2.53. The number of halogens is 2. The molecule has 150 valence electrons. The summed E-state index contributed by atoms with van der Waals surface area (Å²) in [6, 6.07) is 7.32. The smallest absolute Gasteiger partial charge is 0.408 e. The monoisotopic (exact) mass is 399 g/mol. The van der Waals surface area contributed by atoms with Crippen molar-refractivity contribution in [2.45, 2.75) is 25.7 Å². The van der Waals surface area contributed by atoms with Crippen molar-refractivity contribution in [3.8, 4) is 17.1 Å². The van der Waals surface area contributed by atoms with Gasteiger partial charge in [-0.15, -0.1) is 0 Å². The van der Waals surface area contributed by atoms with Crippen LogP contribution in [0.2, 0.25) is 0 Å². The molecular formula is C20H19F2N5O2. The number of ether oxygens (including phenoxy) is 1. The number of aromatic nitrogens is 4. The first-order valence-corrected chi connectivity index (χ1v) is 9.28. The number of benzene rings is 1. The molecule has 2 aromatic heterocycles. The van der Waals surface area contributed by atoms with Crippen LogP contribution in [-0.4, -0.2) is 44.2 Å². The molecule has 1 aromatic carbocycles. The number of aryl methyl sites for hydroxylation is 1. The molecule has 1 aliphatic rings. The average Bonchev–Trinajstić information content (AvgIpc) is 3.22. The minimum absolute atomic E-state index is 0.0142. The van der Waals surface area contributed by atoms with E-state index in [0.717, 1.165) is 6.07 Å². The molecule has 3 aromatic rings. The Morgan fingerprint density at radius 3 is 2.76 bits per heavy atom. The van der Waals surface area contributed by atoms with Gasteiger partial charge in [0.15, 0.2) is 23.2 Å². The minimum atomic E-state index is -0.971. The first-order chi connectivity index (χ1) is 14.0. The van der Waals surface area contributed by atoms with E-state index in [4.69, 9.17) is 4.74 Å². The third kappa shape index (κ3) is 3.94. The number of nitrogens with zero attached hydrogens (tertiary/aromatic N) is 4. The Hall–Kier alpha value is -3.36. The molecule has 3 heterocycles. The molecule has 29 heavy (non-hydrogen) atoms. The van der Waals surface area contributed by atoms with E-state index in [2.05, 4.69) is 20.2 Å². The number of hydrogen-bond donors (Lipinski definition) is 1. The van der Waals surface area contributed by atoms with Crippen LogP contribution in [0.3, 0.4) is 0 Å². The Morgan fingerprint density at radius 1 is 1.21 bits per heavy atom. The molecule has 0 radical (unpaired) electrons. The van der Waals surface area contributed by atoms with Crippen LogP contribution in [0.25, 0.3) is 11.4 Å². The summed E-state index contributed by atoms with van der Waals surface area (Å²) in [5, 5.41) is 6.85. The van der Waals surface area contributed by atoms with Gasteiger partial charge in [0.05, 0.1) is 11.3 Å². The van der Waals surface area contributed by atoms with Gasteiger partial charge in [-0.3, -0.25) is 10.1 Å². The van der Waals surface area contributed by atoms with Crippen molar-refractivity contribution in [2.75, 3.05) is 13.1 Å². The van der Waals surface area contributed by atoms with Crippen LogP contribution in [0.1, 0.15) is 30.3 Å². The molecule has 1 saturated heterocycles. The summed E-state index contributed by atoms with van der Waals surface area (Å²) >= 11 is 0. The second kappa shape index (κ2) is 7.94. The third-order valence-electron chi connectivity index (χ3n) is 4.99. The van der Waals surface area contributed by atoms with Crippen molar-refractivity contribution in [2.24, 2.45) is 0 Å². The Balaban J connectivity index is 1.39. The molecule has 1 amide bonds. The maximum absolute atomic E-state index is 14.0. The summed E-state index contributed by atoms with van der Waals surface area (Å²) in [5.41, 5.74) is 0.662. The number of hydrogen-bond acceptors (Lipinski definition) is 5. The number of piperidine rings is 1. The maximum Gasteiger partial charge on any atom is 0.415 e. The highest BCUT2D eigenvalue weighted by atomic mass is 19.2. The second-order valence-electron chi connectivity index (χ2n) is 6.86. The number of amides is 1. The number of aromatic amines is 1. The van der Waals surface area contributed by atoms with Crippen LogP contribution >= 0.6 is 0 Å². The third-order valence-corrected chi connectivity index (χ3v) is 4.99. The Kier molecular flexibility index (Phi) is 5.20. The number of nitrogens with one attached hydrogen (secondary N) is 1. The molecule has 1 aliphatic heterocycles. The van der Waals surface area contributed by atoms with Crippen molar-refractivity contribution < 1.29 is 18.3 Å². The quantitative estimate of drug-likeness (QED) is 0.724. The zero-order valence-electron chi connectivity index (χ0n) is 15.7. The van der Waals surface area contributed by atoms with Gasteiger partial charge in [-0.2, -0.15) is 5.10 Å². The van der Waals surface area contributed by atoms with Crippen molar-refractivity contribution in [1.29, 1.82) is 0 Å². The molecule has 0 aliphatic carbocycles. The highest BCUT2D eigenvalue weighted by Crippen LogP contribution is 2.28. The van der Waals surface area contributed by atoms with E-state index >= 15 is 0 Å². The normalized spacial score (nSPS) is 14.8. The first-order valence-electron chi connectivity index (χ1n) is 9.28. The maximum atomic E-state index is 14.0. The predicted molar refractivity (Wildman–Crippen MR) is 100 cm³/mol. The number of rotatable bonds is 3. The highest BCUT2D eigenvalue weighted by Gasteiger charge is 2.28. The number of carbonyl (C=O) groups is 1. The van der Waals surface area contributed by atoms with E-state index in [9.17, 15) is 13.6 Å². The SMILES string of the molecule is Cc1ncccc1OC(=O)N1CCC(c2nc(-c3cccc(F)c3F)n[nH]2)CC1. The van der Waals surface area contributed by atoms with Crippen LogP contribution in [0.15, 0.2) is 36.5 Å². The van der Waals surface area contributed by atoms with Gasteiger partial charge in [-0.1, -0.05) is 6.07 Å². The van der Waals surface area contributed by atoms with Crippen LogP contribution in [-0.2, 0) is 0 Å². The Bertz CT molecular complexity index is 1030. The Labute approximate surface area is 165 Å². The standard InChI is InChI=1S/C20H19F2N5O2/c1-12-16(6-3-9-23-12)29-20(28)27-10-7-13(8-11-27)18-24-19(26-25-18)14-4-2-5-15(21)17(14)22/h2-6,9,13H,7-8,10-11H2,1H3,(H,24,25,26). The fourth-order valence-corrected chi connectivity index (χ4v) is 3.33. The second-order valence-corrected chi connectivity index (χ2v) is 6.86. The van der Waals surface area contributed by atoms with Crippen LogP contribution in [0.5, 0.6) is 5.75 Å². The van der Waals surface area contributed by atoms with Crippen LogP contribution in [0.4, 0.5) is 13.6 Å². The summed E-state index contributed by atoms with van der Waals surface area (Å²) < 4.78 is 32.8. The first kappa shape index (κ1) is 19.0. The van der Waals surface area contributed by atoms with Crippen molar-refractivity contribution >= 4 is 6.09 Å². The number of pyridine rings is 1. The lowest BCUT2D eigenvalue weighted by atomic mass is 9.96. The van der Waals surface area contributed by atoms with Gasteiger partial charge in [-0.05, 0) is 44.0 Å². The van der Waals surface area contributed by atoms with Crippen LogP contribution in [0, 0.1) is 18.6 Å². The lowest BCUT2D eigenvalue weighted by molar-refractivity contribution is 0.137. The fraction of sp³-hybridized carbons (Fsp3) is 0.300. The molecule has 1 N–H and O–H groups in total. The summed E-state index contributed by atoms with van der Waals surface area (Å²) in [4.78, 5) is 22.5. The summed E-state index contributed by atoms with van der Waals surface area (Å²) in [6.45, 7) is 2.76. The minimum Gasteiger partial charge on any atom is -0.408 e. The van der Waals surface area contributed by atoms with Crippen molar-refractivity contribution in [3.05, 3.63) is 59.7 Å². The van der Waals surface area contributed by atoms with Gasteiger partial charge in [0.25, 0.3) is 0 Å². The summed E-state index contributed by atoms with van der Waals surface area (Å²) in [7, 11) is 0. The highest BCUT2D eigenvalue weighted by molar-refractivity contribution is 5.71. The van der Waals surface area contributed by atoms with Crippen LogP contribution < -0.4 is 4.74 Å². The van der Waals surface area contributed by atoms with Gasteiger partial charge in [0, 0.05) is 25.2 Å². The van der Waals surface area contributed by atoms with Gasteiger partial charge in [0.2, 0.25) is 0 Å². The van der Waals surface area contributed by atoms with E-state index in [0.29, 0.717) is 43.2 Å². The lowest BCUT2D eigenvalue weighted by Gasteiger charge is -2.30. The van der Waals surface area contributed by atoms with E-state index in [1.54, 1.807) is 30.2 Å².